The molecule has 9 heteroatoms. The lowest BCUT2D eigenvalue weighted by Gasteiger charge is -2.30. The van der Waals surface area contributed by atoms with Crippen LogP contribution in [0.4, 0.5) is 0 Å². The summed E-state index contributed by atoms with van der Waals surface area (Å²) in [6.45, 7) is 0.686. The molecule has 24 heavy (non-hydrogen) atoms. The minimum Gasteiger partial charge on any atom is -0.352 e. The monoisotopic (exact) mass is 417 g/mol. The molecular formula is C15H20BrN3O4S. The van der Waals surface area contributed by atoms with Gasteiger partial charge in [0.1, 0.15) is 0 Å². The first-order valence-corrected chi connectivity index (χ1v) is 10.2. The second kappa shape index (κ2) is 8.09. The van der Waals surface area contributed by atoms with Gasteiger partial charge in [0.25, 0.3) is 5.91 Å². The third kappa shape index (κ3) is 5.57. The number of piperidine rings is 1. The van der Waals surface area contributed by atoms with Gasteiger partial charge in [-0.15, -0.1) is 0 Å². The Morgan fingerprint density at radius 3 is 2.33 bits per heavy atom. The first-order chi connectivity index (χ1) is 11.3. The third-order valence-electron chi connectivity index (χ3n) is 3.80. The van der Waals surface area contributed by atoms with Crippen molar-refractivity contribution in [2.75, 3.05) is 25.9 Å². The van der Waals surface area contributed by atoms with Gasteiger partial charge in [0.05, 0.1) is 12.8 Å². The lowest BCUT2D eigenvalue weighted by atomic mass is 10.1. The fourth-order valence-electron chi connectivity index (χ4n) is 2.47. The highest BCUT2D eigenvalue weighted by Crippen LogP contribution is 2.13. The highest BCUT2D eigenvalue weighted by molar-refractivity contribution is 9.10. The van der Waals surface area contributed by atoms with Crippen molar-refractivity contribution in [3.63, 3.8) is 0 Å². The molecular weight excluding hydrogens is 398 g/mol. The van der Waals surface area contributed by atoms with Gasteiger partial charge in [0.15, 0.2) is 0 Å². The number of nitrogens with zero attached hydrogens (tertiary/aromatic N) is 1. The molecule has 0 bridgehead atoms. The number of benzene rings is 1. The average Bonchev–Trinajstić information content (AvgIpc) is 2.53. The number of amides is 2. The van der Waals surface area contributed by atoms with Gasteiger partial charge in [-0.3, -0.25) is 9.59 Å². The van der Waals surface area contributed by atoms with Crippen molar-refractivity contribution < 1.29 is 18.0 Å². The Kier molecular flexibility index (Phi) is 6.36. The maximum atomic E-state index is 11.9. The zero-order chi connectivity index (χ0) is 17.7. The molecule has 1 aliphatic heterocycles. The molecule has 1 fully saturated rings. The maximum Gasteiger partial charge on any atom is 0.251 e. The molecule has 2 amide bonds. The zero-order valence-electron chi connectivity index (χ0n) is 13.3. The molecule has 1 aliphatic rings. The van der Waals surface area contributed by atoms with Crippen LogP contribution in [-0.2, 0) is 14.8 Å². The number of hydrogen-bond donors (Lipinski definition) is 2. The predicted molar refractivity (Wildman–Crippen MR) is 94.1 cm³/mol. The van der Waals surface area contributed by atoms with E-state index in [2.05, 4.69) is 26.6 Å². The summed E-state index contributed by atoms with van der Waals surface area (Å²) in [5.41, 5.74) is 0.479. The van der Waals surface area contributed by atoms with Crippen molar-refractivity contribution in [3.05, 3.63) is 34.3 Å². The minimum absolute atomic E-state index is 0.0694. The van der Waals surface area contributed by atoms with Crippen LogP contribution in [0.2, 0.25) is 0 Å². The van der Waals surface area contributed by atoms with Crippen LogP contribution < -0.4 is 10.6 Å². The molecule has 0 aliphatic carbocycles. The average molecular weight is 418 g/mol. The maximum absolute atomic E-state index is 11.9. The highest BCUT2D eigenvalue weighted by Gasteiger charge is 2.25. The fourth-order valence-corrected chi connectivity index (χ4v) is 3.61. The van der Waals surface area contributed by atoms with Crippen LogP contribution in [-0.4, -0.2) is 56.5 Å². The Morgan fingerprint density at radius 2 is 1.79 bits per heavy atom. The molecule has 0 atom stereocenters. The second-order valence-electron chi connectivity index (χ2n) is 5.69. The van der Waals surface area contributed by atoms with Crippen molar-refractivity contribution in [1.29, 1.82) is 0 Å². The van der Waals surface area contributed by atoms with Crippen LogP contribution in [0.1, 0.15) is 23.2 Å². The molecule has 7 nitrogen and oxygen atoms in total. The van der Waals surface area contributed by atoms with Crippen LogP contribution in [0.25, 0.3) is 0 Å². The molecule has 0 saturated carbocycles. The quantitative estimate of drug-likeness (QED) is 0.737. The molecule has 0 unspecified atom stereocenters. The Labute approximate surface area is 150 Å². The van der Waals surface area contributed by atoms with Crippen LogP contribution in [0.3, 0.4) is 0 Å². The number of sulfonamides is 1. The summed E-state index contributed by atoms with van der Waals surface area (Å²) in [5.74, 6) is -0.595. The summed E-state index contributed by atoms with van der Waals surface area (Å²) < 4.78 is 25.2. The molecule has 2 rings (SSSR count). The summed E-state index contributed by atoms with van der Waals surface area (Å²) in [4.78, 5) is 23.8. The smallest absolute Gasteiger partial charge is 0.251 e. The summed E-state index contributed by atoms with van der Waals surface area (Å²) in [6, 6.07) is 6.77. The normalized spacial score (nSPS) is 16.6. The van der Waals surface area contributed by atoms with Crippen LogP contribution in [0.5, 0.6) is 0 Å². The first-order valence-electron chi connectivity index (χ1n) is 7.54. The lowest BCUT2D eigenvalue weighted by molar-refractivity contribution is -0.121. The molecule has 2 N–H and O–H groups in total. The Hall–Kier alpha value is -1.45. The van der Waals surface area contributed by atoms with Crippen molar-refractivity contribution in [1.82, 2.24) is 14.9 Å². The van der Waals surface area contributed by atoms with E-state index in [0.717, 1.165) is 4.47 Å². The van der Waals surface area contributed by atoms with Gasteiger partial charge in [-0.1, -0.05) is 15.9 Å². The van der Waals surface area contributed by atoms with E-state index in [9.17, 15) is 18.0 Å². The van der Waals surface area contributed by atoms with Crippen LogP contribution >= 0.6 is 15.9 Å². The zero-order valence-corrected chi connectivity index (χ0v) is 15.7. The second-order valence-corrected chi connectivity index (χ2v) is 8.59. The molecule has 1 heterocycles. The molecule has 0 radical (unpaired) electrons. The number of carbonyl (C=O) groups excluding carboxylic acids is 2. The standard InChI is InChI=1S/C15H20BrN3O4S/c1-24(22,23)19-8-6-13(7-9-19)18-14(20)10-17-15(21)11-2-4-12(16)5-3-11/h2-5,13H,6-10H2,1H3,(H,17,21)(H,18,20). The minimum atomic E-state index is -3.17. The summed E-state index contributed by atoms with van der Waals surface area (Å²) in [5, 5.41) is 5.39. The fraction of sp³-hybridized carbons (Fsp3) is 0.467. The van der Waals surface area contributed by atoms with Gasteiger partial charge in [0, 0.05) is 29.2 Å². The van der Waals surface area contributed by atoms with Crippen molar-refractivity contribution in [2.24, 2.45) is 0 Å². The highest BCUT2D eigenvalue weighted by atomic mass is 79.9. The lowest BCUT2D eigenvalue weighted by Crippen LogP contribution is -2.48. The summed E-state index contributed by atoms with van der Waals surface area (Å²) in [6.07, 6.45) is 2.32. The van der Waals surface area contributed by atoms with Gasteiger partial charge in [-0.25, -0.2) is 12.7 Å². The number of carbonyl (C=O) groups is 2. The number of hydrogen-bond acceptors (Lipinski definition) is 4. The van der Waals surface area contributed by atoms with Crippen molar-refractivity contribution in [3.8, 4) is 0 Å². The van der Waals surface area contributed by atoms with E-state index in [1.165, 1.54) is 10.6 Å². The van der Waals surface area contributed by atoms with E-state index in [-0.39, 0.29) is 24.4 Å². The number of halogens is 1. The summed E-state index contributed by atoms with van der Waals surface area (Å²) in [7, 11) is -3.17. The Bertz CT molecular complexity index is 698. The molecule has 0 aromatic heterocycles. The van der Waals surface area contributed by atoms with E-state index >= 15 is 0 Å². The van der Waals surface area contributed by atoms with Crippen LogP contribution in [0.15, 0.2) is 28.7 Å². The van der Waals surface area contributed by atoms with Gasteiger partial charge in [0.2, 0.25) is 15.9 Å². The number of rotatable bonds is 5. The van der Waals surface area contributed by atoms with Gasteiger partial charge >= 0.3 is 0 Å². The van der Waals surface area contributed by atoms with Crippen LogP contribution in [0, 0.1) is 0 Å². The number of nitrogens with one attached hydrogen (secondary N) is 2. The molecule has 1 aromatic carbocycles. The van der Waals surface area contributed by atoms with E-state index in [4.69, 9.17) is 0 Å². The topological polar surface area (TPSA) is 95.6 Å². The van der Waals surface area contributed by atoms with Crippen molar-refractivity contribution in [2.45, 2.75) is 18.9 Å². The Balaban J connectivity index is 1.74. The molecule has 132 valence electrons. The van der Waals surface area contributed by atoms with Crippen molar-refractivity contribution >= 4 is 37.8 Å². The molecule has 1 aromatic rings. The molecule has 1 saturated heterocycles. The van der Waals surface area contributed by atoms with Gasteiger partial charge < -0.3 is 10.6 Å². The Morgan fingerprint density at radius 1 is 1.21 bits per heavy atom. The predicted octanol–water partition coefficient (Wildman–Crippen LogP) is 0.719. The third-order valence-corrected chi connectivity index (χ3v) is 5.64. The first kappa shape index (κ1) is 18.9. The molecule has 0 spiro atoms. The van der Waals surface area contributed by atoms with E-state index in [0.29, 0.717) is 31.5 Å². The summed E-state index contributed by atoms with van der Waals surface area (Å²) >= 11 is 3.29. The van der Waals surface area contributed by atoms with E-state index < -0.39 is 10.0 Å². The van der Waals surface area contributed by atoms with Gasteiger partial charge in [-0.2, -0.15) is 0 Å². The SMILES string of the molecule is CS(=O)(=O)N1CCC(NC(=O)CNC(=O)c2ccc(Br)cc2)CC1. The van der Waals surface area contributed by atoms with E-state index in [1.807, 2.05) is 0 Å². The largest absolute Gasteiger partial charge is 0.352 e. The van der Waals surface area contributed by atoms with Gasteiger partial charge in [-0.05, 0) is 37.1 Å². The van der Waals surface area contributed by atoms with E-state index in [1.54, 1.807) is 24.3 Å².